The lowest BCUT2D eigenvalue weighted by atomic mass is 10.0. The Balaban J connectivity index is 0. The van der Waals surface area contributed by atoms with Gasteiger partial charge < -0.3 is 16.0 Å². The van der Waals surface area contributed by atoms with Crippen molar-refractivity contribution in [3.8, 4) is 0 Å². The van der Waals surface area contributed by atoms with E-state index in [1.54, 1.807) is 0 Å². The molecule has 0 aromatic heterocycles. The topological polar surface area (TPSA) is 58.4 Å². The average Bonchev–Trinajstić information content (AvgIpc) is 2.48. The fourth-order valence-corrected chi connectivity index (χ4v) is 2.47. The fraction of sp³-hybridized carbons (Fsp3) is 0.611. The monoisotopic (exact) mass is 377 g/mol. The normalized spacial score (nSPS) is 11.4. The zero-order valence-corrected chi connectivity index (χ0v) is 16.7. The van der Waals surface area contributed by atoms with Crippen molar-refractivity contribution in [3.63, 3.8) is 0 Å². The first kappa shape index (κ1) is 25.4. The minimum Gasteiger partial charge on any atom is -0.354 e. The van der Waals surface area contributed by atoms with Crippen molar-refractivity contribution in [1.29, 1.82) is 0 Å². The third-order valence-corrected chi connectivity index (χ3v) is 3.94. The van der Waals surface area contributed by atoms with Crippen LogP contribution < -0.4 is 11.1 Å². The van der Waals surface area contributed by atoms with Crippen LogP contribution in [0.1, 0.15) is 49.3 Å². The summed E-state index contributed by atoms with van der Waals surface area (Å²) in [5, 5.41) is 3.06. The molecule has 24 heavy (non-hydrogen) atoms. The maximum atomic E-state index is 11.9. The van der Waals surface area contributed by atoms with E-state index in [1.165, 1.54) is 11.1 Å². The van der Waals surface area contributed by atoms with Gasteiger partial charge >= 0.3 is 0 Å². The Bertz CT molecular complexity index is 438. The van der Waals surface area contributed by atoms with Crippen molar-refractivity contribution in [3.05, 3.63) is 35.4 Å². The summed E-state index contributed by atoms with van der Waals surface area (Å²) in [6.07, 6.45) is 4.81. The number of aryl methyl sites for hydroxylation is 1. The van der Waals surface area contributed by atoms with Gasteiger partial charge in [0, 0.05) is 13.0 Å². The van der Waals surface area contributed by atoms with E-state index >= 15 is 0 Å². The Kier molecular flexibility index (Phi) is 15.4. The molecule has 0 bridgehead atoms. The number of hydrogen-bond donors (Lipinski definition) is 2. The standard InChI is InChI=1S/C18H31N3O.2ClH/c1-15-9-11-16(12-10-15)17(21(2)3)14-20-18(22)8-6-4-5-7-13-19;;/h9-12,17H,4-8,13-14,19H2,1-3H3,(H,20,22);2*1H. The van der Waals surface area contributed by atoms with E-state index < -0.39 is 0 Å². The minimum atomic E-state index is 0. The number of nitrogens with two attached hydrogens (primary N) is 1. The molecular weight excluding hydrogens is 345 g/mol. The van der Waals surface area contributed by atoms with Crippen LogP contribution in [-0.4, -0.2) is 38.0 Å². The minimum absolute atomic E-state index is 0. The first-order chi connectivity index (χ1) is 10.5. The van der Waals surface area contributed by atoms with Crippen LogP contribution in [0, 0.1) is 6.92 Å². The van der Waals surface area contributed by atoms with Crippen LogP contribution in [0.4, 0.5) is 0 Å². The third kappa shape index (κ3) is 10.1. The van der Waals surface area contributed by atoms with Crippen molar-refractivity contribution in [1.82, 2.24) is 10.2 Å². The molecule has 0 heterocycles. The Morgan fingerprint density at radius 3 is 2.21 bits per heavy atom. The van der Waals surface area contributed by atoms with Crippen LogP contribution in [0.5, 0.6) is 0 Å². The molecule has 140 valence electrons. The molecule has 1 rings (SSSR count). The maximum Gasteiger partial charge on any atom is 0.220 e. The zero-order valence-electron chi connectivity index (χ0n) is 15.1. The number of carbonyl (C=O) groups is 1. The molecule has 0 aliphatic carbocycles. The summed E-state index contributed by atoms with van der Waals surface area (Å²) in [6.45, 7) is 3.48. The van der Waals surface area contributed by atoms with Gasteiger partial charge in [-0.05, 0) is 46.0 Å². The number of carbonyl (C=O) groups excluding carboxylic acids is 1. The number of amides is 1. The molecule has 1 unspecified atom stereocenters. The predicted octanol–water partition coefficient (Wildman–Crippen LogP) is 3.47. The Morgan fingerprint density at radius 2 is 1.67 bits per heavy atom. The third-order valence-electron chi connectivity index (χ3n) is 3.94. The van der Waals surface area contributed by atoms with E-state index in [2.05, 4.69) is 41.4 Å². The number of nitrogens with one attached hydrogen (secondary N) is 1. The Hall–Kier alpha value is -0.810. The second-order valence-corrected chi connectivity index (χ2v) is 6.15. The SMILES string of the molecule is Cc1ccc(C(CNC(=O)CCCCCCN)N(C)C)cc1.Cl.Cl. The van der Waals surface area contributed by atoms with E-state index in [0.717, 1.165) is 32.2 Å². The lowest BCUT2D eigenvalue weighted by Gasteiger charge is -2.25. The number of rotatable bonds is 10. The highest BCUT2D eigenvalue weighted by Gasteiger charge is 2.14. The smallest absolute Gasteiger partial charge is 0.220 e. The van der Waals surface area contributed by atoms with Gasteiger partial charge in [0.15, 0.2) is 0 Å². The molecule has 1 aromatic carbocycles. The quantitative estimate of drug-likeness (QED) is 0.613. The molecule has 1 aromatic rings. The second-order valence-electron chi connectivity index (χ2n) is 6.15. The lowest BCUT2D eigenvalue weighted by molar-refractivity contribution is -0.121. The molecule has 0 aliphatic heterocycles. The lowest BCUT2D eigenvalue weighted by Crippen LogP contribution is -2.34. The van der Waals surface area contributed by atoms with E-state index in [4.69, 9.17) is 5.73 Å². The first-order valence-electron chi connectivity index (χ1n) is 8.24. The predicted molar refractivity (Wildman–Crippen MR) is 107 cm³/mol. The van der Waals surface area contributed by atoms with Gasteiger partial charge in [0.1, 0.15) is 0 Å². The van der Waals surface area contributed by atoms with Crippen molar-refractivity contribution in [2.75, 3.05) is 27.2 Å². The van der Waals surface area contributed by atoms with Gasteiger partial charge in [-0.15, -0.1) is 24.8 Å². The van der Waals surface area contributed by atoms with Crippen LogP contribution >= 0.6 is 24.8 Å². The van der Waals surface area contributed by atoms with Gasteiger partial charge in [-0.25, -0.2) is 0 Å². The van der Waals surface area contributed by atoms with Crippen molar-refractivity contribution < 1.29 is 4.79 Å². The fourth-order valence-electron chi connectivity index (χ4n) is 2.47. The van der Waals surface area contributed by atoms with Crippen molar-refractivity contribution >= 4 is 30.7 Å². The highest BCUT2D eigenvalue weighted by molar-refractivity contribution is 5.85. The summed E-state index contributed by atoms with van der Waals surface area (Å²) >= 11 is 0. The maximum absolute atomic E-state index is 11.9. The molecule has 0 fully saturated rings. The number of benzene rings is 1. The summed E-state index contributed by atoms with van der Waals surface area (Å²) in [6, 6.07) is 8.72. The van der Waals surface area contributed by atoms with Crippen LogP contribution in [0.3, 0.4) is 0 Å². The molecular formula is C18H33Cl2N3O. The van der Waals surface area contributed by atoms with E-state index in [1.807, 2.05) is 14.1 Å². The highest BCUT2D eigenvalue weighted by Crippen LogP contribution is 2.18. The number of unbranched alkanes of at least 4 members (excludes halogenated alkanes) is 3. The molecule has 1 amide bonds. The van der Waals surface area contributed by atoms with Gasteiger partial charge in [0.25, 0.3) is 0 Å². The van der Waals surface area contributed by atoms with Gasteiger partial charge in [0.05, 0.1) is 6.04 Å². The summed E-state index contributed by atoms with van der Waals surface area (Å²) in [5.74, 6) is 0.145. The molecule has 0 saturated heterocycles. The summed E-state index contributed by atoms with van der Waals surface area (Å²) in [4.78, 5) is 14.1. The molecule has 0 radical (unpaired) electrons. The Labute approximate surface area is 159 Å². The zero-order chi connectivity index (χ0) is 16.4. The highest BCUT2D eigenvalue weighted by atomic mass is 35.5. The summed E-state index contributed by atoms with van der Waals surface area (Å²) < 4.78 is 0. The summed E-state index contributed by atoms with van der Waals surface area (Å²) in [7, 11) is 4.09. The molecule has 3 N–H and O–H groups in total. The van der Waals surface area contributed by atoms with Crippen LogP contribution in [-0.2, 0) is 4.79 Å². The molecule has 4 nitrogen and oxygen atoms in total. The van der Waals surface area contributed by atoms with Crippen LogP contribution in [0.15, 0.2) is 24.3 Å². The largest absolute Gasteiger partial charge is 0.354 e. The van der Waals surface area contributed by atoms with Gasteiger partial charge in [-0.2, -0.15) is 0 Å². The molecule has 0 saturated carbocycles. The van der Waals surface area contributed by atoms with Crippen LogP contribution in [0.25, 0.3) is 0 Å². The van der Waals surface area contributed by atoms with E-state index in [9.17, 15) is 4.79 Å². The molecule has 6 heteroatoms. The van der Waals surface area contributed by atoms with Gasteiger partial charge in [-0.1, -0.05) is 42.7 Å². The summed E-state index contributed by atoms with van der Waals surface area (Å²) in [5.41, 5.74) is 7.95. The van der Waals surface area contributed by atoms with Crippen LogP contribution in [0.2, 0.25) is 0 Å². The number of likely N-dealkylation sites (N-methyl/N-ethyl adjacent to an activating group) is 1. The molecule has 0 aliphatic rings. The van der Waals surface area contributed by atoms with Gasteiger partial charge in [-0.3, -0.25) is 4.79 Å². The molecule has 1 atom stereocenters. The van der Waals surface area contributed by atoms with E-state index in [0.29, 0.717) is 13.0 Å². The number of halogens is 2. The van der Waals surface area contributed by atoms with E-state index in [-0.39, 0.29) is 36.8 Å². The second kappa shape index (κ2) is 14.5. The number of hydrogen-bond acceptors (Lipinski definition) is 3. The van der Waals surface area contributed by atoms with Gasteiger partial charge in [0.2, 0.25) is 5.91 Å². The number of nitrogens with zero attached hydrogens (tertiary/aromatic N) is 1. The van der Waals surface area contributed by atoms with Crippen molar-refractivity contribution in [2.24, 2.45) is 5.73 Å². The Morgan fingerprint density at radius 1 is 1.08 bits per heavy atom. The average molecular weight is 378 g/mol. The molecule has 0 spiro atoms. The van der Waals surface area contributed by atoms with Crippen molar-refractivity contribution in [2.45, 2.75) is 45.1 Å². The first-order valence-corrected chi connectivity index (χ1v) is 8.24.